The van der Waals surface area contributed by atoms with E-state index in [0.29, 0.717) is 19.6 Å². The first-order valence-corrected chi connectivity index (χ1v) is 11.0. The van der Waals surface area contributed by atoms with Crippen molar-refractivity contribution in [2.75, 3.05) is 26.8 Å². The molecule has 30 heavy (non-hydrogen) atoms. The number of carbonyl (C=O) groups is 1. The number of benzene rings is 1. The van der Waals surface area contributed by atoms with E-state index in [9.17, 15) is 4.79 Å². The number of hydrogen-bond acceptors (Lipinski definition) is 5. The first-order valence-electron chi connectivity index (χ1n) is 11.0. The van der Waals surface area contributed by atoms with Crippen LogP contribution in [0.15, 0.2) is 30.5 Å². The third-order valence-corrected chi connectivity index (χ3v) is 6.08. The molecular weight excluding hydrogens is 378 g/mol. The minimum Gasteiger partial charge on any atom is -0.497 e. The molecule has 0 amide bonds. The highest BCUT2D eigenvalue weighted by atomic mass is 16.5. The van der Waals surface area contributed by atoms with E-state index in [-0.39, 0.29) is 5.97 Å². The summed E-state index contributed by atoms with van der Waals surface area (Å²) in [7, 11) is 1.67. The van der Waals surface area contributed by atoms with Crippen LogP contribution in [0.3, 0.4) is 0 Å². The van der Waals surface area contributed by atoms with Gasteiger partial charge < -0.3 is 9.47 Å². The van der Waals surface area contributed by atoms with Crippen molar-refractivity contribution in [1.29, 1.82) is 0 Å². The zero-order valence-electron chi connectivity index (χ0n) is 18.8. The summed E-state index contributed by atoms with van der Waals surface area (Å²) in [6.45, 7) is 10.0. The zero-order chi connectivity index (χ0) is 21.6. The predicted molar refractivity (Wildman–Crippen MR) is 118 cm³/mol. The average molecular weight is 414 g/mol. The van der Waals surface area contributed by atoms with Gasteiger partial charge in [0.15, 0.2) is 0 Å². The number of aromatic nitrogens is 2. The average Bonchev–Trinajstić information content (AvgIpc) is 3.08. The molecule has 1 atom stereocenters. The smallest absolute Gasteiger partial charge is 0.313 e. The lowest BCUT2D eigenvalue weighted by molar-refractivity contribution is -0.159. The SMILES string of the molecule is CCCn1ncc(CN2CCC[C@](Cc3cccc(OC)c3)(C(=O)OCC)C2)c1C. The Bertz CT molecular complexity index is 848. The Kier molecular flexibility index (Phi) is 7.53. The van der Waals surface area contributed by atoms with Gasteiger partial charge in [-0.3, -0.25) is 14.4 Å². The Labute approximate surface area is 180 Å². The van der Waals surface area contributed by atoms with Crippen molar-refractivity contribution in [1.82, 2.24) is 14.7 Å². The van der Waals surface area contributed by atoms with Gasteiger partial charge in [0.1, 0.15) is 5.75 Å². The predicted octanol–water partition coefficient (Wildman–Crippen LogP) is 4.00. The lowest BCUT2D eigenvalue weighted by Crippen LogP contribution is -2.49. The van der Waals surface area contributed by atoms with Crippen molar-refractivity contribution in [3.05, 3.63) is 47.3 Å². The van der Waals surface area contributed by atoms with Crippen molar-refractivity contribution in [2.24, 2.45) is 5.41 Å². The molecule has 0 aliphatic carbocycles. The van der Waals surface area contributed by atoms with Crippen LogP contribution < -0.4 is 4.74 Å². The molecule has 0 radical (unpaired) electrons. The summed E-state index contributed by atoms with van der Waals surface area (Å²) in [6.07, 6.45) is 5.53. The minimum atomic E-state index is -0.534. The largest absolute Gasteiger partial charge is 0.497 e. The summed E-state index contributed by atoms with van der Waals surface area (Å²) >= 11 is 0. The topological polar surface area (TPSA) is 56.6 Å². The van der Waals surface area contributed by atoms with Crippen molar-refractivity contribution in [3.8, 4) is 5.75 Å². The lowest BCUT2D eigenvalue weighted by Gasteiger charge is -2.41. The number of likely N-dealkylation sites (tertiary alicyclic amines) is 1. The maximum absolute atomic E-state index is 13.1. The standard InChI is InChI=1S/C24H35N3O3/c1-5-12-27-19(3)21(16-25-27)17-26-13-8-11-24(18-26,23(28)30-6-2)15-20-9-7-10-22(14-20)29-4/h7,9-10,14,16H,5-6,8,11-13,15,17-18H2,1-4H3/t24-/m1/s1. The Morgan fingerprint density at radius 1 is 1.30 bits per heavy atom. The molecule has 0 saturated carbocycles. The van der Waals surface area contributed by atoms with Crippen LogP contribution in [-0.4, -0.2) is 47.5 Å². The Balaban J connectivity index is 1.81. The van der Waals surface area contributed by atoms with Crippen molar-refractivity contribution in [3.63, 3.8) is 0 Å². The first kappa shape index (κ1) is 22.3. The highest BCUT2D eigenvalue weighted by Crippen LogP contribution is 2.36. The second kappa shape index (κ2) is 10.1. The van der Waals surface area contributed by atoms with Crippen LogP contribution in [0.4, 0.5) is 0 Å². The van der Waals surface area contributed by atoms with Crippen LogP contribution >= 0.6 is 0 Å². The summed E-state index contributed by atoms with van der Waals surface area (Å²) in [6, 6.07) is 8.02. The molecule has 1 aromatic carbocycles. The van der Waals surface area contributed by atoms with Gasteiger partial charge in [0.25, 0.3) is 0 Å². The normalized spacial score (nSPS) is 19.6. The van der Waals surface area contributed by atoms with Crippen molar-refractivity contribution < 1.29 is 14.3 Å². The third kappa shape index (κ3) is 5.04. The van der Waals surface area contributed by atoms with Crippen molar-refractivity contribution in [2.45, 2.75) is 59.5 Å². The quantitative estimate of drug-likeness (QED) is 0.582. The van der Waals surface area contributed by atoms with Gasteiger partial charge >= 0.3 is 5.97 Å². The molecule has 2 heterocycles. The number of piperidine rings is 1. The first-order chi connectivity index (χ1) is 14.5. The number of hydrogen-bond donors (Lipinski definition) is 0. The van der Waals surface area contributed by atoms with Gasteiger partial charge in [0.05, 0.1) is 25.3 Å². The van der Waals surface area contributed by atoms with Gasteiger partial charge in [-0.25, -0.2) is 0 Å². The van der Waals surface area contributed by atoms with Crippen LogP contribution in [0.1, 0.15) is 49.9 Å². The van der Waals surface area contributed by atoms with Gasteiger partial charge in [-0.05, 0) is 63.8 Å². The van der Waals surface area contributed by atoms with Crippen LogP contribution in [0, 0.1) is 12.3 Å². The van der Waals surface area contributed by atoms with Crippen LogP contribution in [0.25, 0.3) is 0 Å². The number of nitrogens with zero attached hydrogens (tertiary/aromatic N) is 3. The van der Waals surface area contributed by atoms with Crippen LogP contribution in [0.2, 0.25) is 0 Å². The molecule has 0 unspecified atom stereocenters. The fourth-order valence-corrected chi connectivity index (χ4v) is 4.52. The molecule has 1 aromatic heterocycles. The number of esters is 1. The molecular formula is C24H35N3O3. The zero-order valence-corrected chi connectivity index (χ0v) is 18.8. The summed E-state index contributed by atoms with van der Waals surface area (Å²) < 4.78 is 13.0. The summed E-state index contributed by atoms with van der Waals surface area (Å²) in [5.41, 5.74) is 3.03. The molecule has 0 N–H and O–H groups in total. The van der Waals surface area contributed by atoms with E-state index in [1.807, 2.05) is 31.3 Å². The van der Waals surface area contributed by atoms with E-state index in [2.05, 4.69) is 34.6 Å². The van der Waals surface area contributed by atoms with Crippen LogP contribution in [0.5, 0.6) is 5.75 Å². The van der Waals surface area contributed by atoms with E-state index < -0.39 is 5.41 Å². The maximum atomic E-state index is 13.1. The molecule has 1 fully saturated rings. The number of carbonyl (C=O) groups excluding carboxylic acids is 1. The third-order valence-electron chi connectivity index (χ3n) is 6.08. The lowest BCUT2D eigenvalue weighted by atomic mass is 9.75. The molecule has 1 aliphatic rings. The van der Waals surface area contributed by atoms with E-state index in [4.69, 9.17) is 9.47 Å². The highest BCUT2D eigenvalue weighted by molar-refractivity contribution is 5.78. The van der Waals surface area contributed by atoms with Crippen molar-refractivity contribution >= 4 is 5.97 Å². The Hall–Kier alpha value is -2.34. The second-order valence-electron chi connectivity index (χ2n) is 8.32. The molecule has 0 bridgehead atoms. The Morgan fingerprint density at radius 2 is 2.13 bits per heavy atom. The summed E-state index contributed by atoms with van der Waals surface area (Å²) in [5.74, 6) is 0.731. The molecule has 6 nitrogen and oxygen atoms in total. The van der Waals surface area contributed by atoms with Crippen LogP contribution in [-0.2, 0) is 29.0 Å². The minimum absolute atomic E-state index is 0.0871. The molecule has 3 rings (SSSR count). The second-order valence-corrected chi connectivity index (χ2v) is 8.32. The Morgan fingerprint density at radius 3 is 2.87 bits per heavy atom. The molecule has 1 aliphatic heterocycles. The number of rotatable bonds is 9. The molecule has 1 saturated heterocycles. The van der Waals surface area contributed by atoms with Gasteiger partial charge in [0.2, 0.25) is 0 Å². The monoisotopic (exact) mass is 413 g/mol. The molecule has 164 valence electrons. The van der Waals surface area contributed by atoms with Gasteiger partial charge in [-0.15, -0.1) is 0 Å². The van der Waals surface area contributed by atoms with Gasteiger partial charge in [-0.2, -0.15) is 5.10 Å². The number of methoxy groups -OCH3 is 1. The summed E-state index contributed by atoms with van der Waals surface area (Å²) in [4.78, 5) is 15.5. The number of aryl methyl sites for hydroxylation is 1. The fourth-order valence-electron chi connectivity index (χ4n) is 4.52. The van der Waals surface area contributed by atoms with E-state index >= 15 is 0 Å². The fraction of sp³-hybridized carbons (Fsp3) is 0.583. The summed E-state index contributed by atoms with van der Waals surface area (Å²) in [5, 5.41) is 4.54. The molecule has 6 heteroatoms. The molecule has 2 aromatic rings. The van der Waals surface area contributed by atoms with E-state index in [1.54, 1.807) is 7.11 Å². The highest BCUT2D eigenvalue weighted by Gasteiger charge is 2.43. The van der Waals surface area contributed by atoms with Gasteiger partial charge in [0, 0.05) is 30.9 Å². The van der Waals surface area contributed by atoms with E-state index in [0.717, 1.165) is 50.2 Å². The van der Waals surface area contributed by atoms with Gasteiger partial charge in [-0.1, -0.05) is 19.1 Å². The van der Waals surface area contributed by atoms with E-state index in [1.165, 1.54) is 11.3 Å². The molecule has 0 spiro atoms. The maximum Gasteiger partial charge on any atom is 0.313 e. The number of ether oxygens (including phenoxy) is 2.